The van der Waals surface area contributed by atoms with Gasteiger partial charge in [0.1, 0.15) is 0 Å². The molecule has 1 heterocycles. The summed E-state index contributed by atoms with van der Waals surface area (Å²) in [6.45, 7) is 4.48. The quantitative estimate of drug-likeness (QED) is 0.459. The summed E-state index contributed by atoms with van der Waals surface area (Å²) in [5, 5.41) is 5.25. The molecular weight excluding hydrogens is 166 g/mol. The molecule has 2 heteroatoms. The van der Waals surface area contributed by atoms with E-state index in [0.717, 1.165) is 0 Å². The molecule has 0 N–H and O–H groups in total. The predicted octanol–water partition coefficient (Wildman–Crippen LogP) is 2.67. The fourth-order valence-electron chi connectivity index (χ4n) is 1.88. The SMILES string of the molecule is b1c2ccccc2bc2ccccc12. The molecule has 3 rings (SSSR count). The van der Waals surface area contributed by atoms with Crippen molar-refractivity contribution in [1.29, 1.82) is 0 Å². The van der Waals surface area contributed by atoms with Gasteiger partial charge in [0.15, 0.2) is 0 Å². The molecule has 14 heavy (non-hydrogen) atoms. The van der Waals surface area contributed by atoms with Crippen molar-refractivity contribution in [3.8, 4) is 0 Å². The summed E-state index contributed by atoms with van der Waals surface area (Å²) < 4.78 is 0. The average Bonchev–Trinajstić information content (AvgIpc) is 2.26. The molecule has 0 fully saturated rings. The Morgan fingerprint density at radius 1 is 0.500 bits per heavy atom. The van der Waals surface area contributed by atoms with Crippen molar-refractivity contribution in [3.63, 3.8) is 0 Å². The van der Waals surface area contributed by atoms with Crippen LogP contribution in [0.5, 0.6) is 0 Å². The third-order valence-corrected chi connectivity index (χ3v) is 2.61. The van der Waals surface area contributed by atoms with Crippen molar-refractivity contribution >= 4 is 34.9 Å². The zero-order valence-corrected chi connectivity index (χ0v) is 7.77. The van der Waals surface area contributed by atoms with Crippen LogP contribution in [0.1, 0.15) is 0 Å². The van der Waals surface area contributed by atoms with Gasteiger partial charge in [0.25, 0.3) is 0 Å². The second-order valence-electron chi connectivity index (χ2n) is 3.55. The third-order valence-electron chi connectivity index (χ3n) is 2.61. The fourth-order valence-corrected chi connectivity index (χ4v) is 1.88. The number of hydrogen-bond donors (Lipinski definition) is 0. The average molecular weight is 174 g/mol. The van der Waals surface area contributed by atoms with E-state index in [-0.39, 0.29) is 0 Å². The first kappa shape index (κ1) is 7.93. The molecule has 0 nitrogen and oxygen atoms in total. The molecule has 0 amide bonds. The van der Waals surface area contributed by atoms with Crippen molar-refractivity contribution in [2.75, 3.05) is 0 Å². The molecule has 62 valence electrons. The summed E-state index contributed by atoms with van der Waals surface area (Å²) in [7, 11) is 0. The Balaban J connectivity index is 2.52. The van der Waals surface area contributed by atoms with E-state index in [0.29, 0.717) is 0 Å². The second kappa shape index (κ2) is 3.05. The topological polar surface area (TPSA) is 0 Å². The third kappa shape index (κ3) is 1.19. The Morgan fingerprint density at radius 2 is 0.786 bits per heavy atom. The molecule has 2 aromatic carbocycles. The van der Waals surface area contributed by atoms with Crippen LogP contribution >= 0.6 is 0 Å². The van der Waals surface area contributed by atoms with E-state index in [1.807, 2.05) is 0 Å². The van der Waals surface area contributed by atoms with Crippen molar-refractivity contribution in [2.45, 2.75) is 0 Å². The number of fused-ring (bicyclic) bond motifs is 2. The van der Waals surface area contributed by atoms with Gasteiger partial charge in [0, 0.05) is 0 Å². The van der Waals surface area contributed by atoms with Crippen LogP contribution in [0, 0.1) is 0 Å². The first-order chi connectivity index (χ1) is 6.93. The fraction of sp³-hybridized carbons (Fsp3) is 0. The molecule has 0 atom stereocenters. The van der Waals surface area contributed by atoms with Gasteiger partial charge in [-0.1, -0.05) is 0 Å². The van der Waals surface area contributed by atoms with Crippen LogP contribution in [-0.4, -0.2) is 13.8 Å². The zero-order chi connectivity index (χ0) is 9.38. The molecule has 0 aliphatic rings. The molecule has 0 unspecified atom stereocenters. The Morgan fingerprint density at radius 3 is 1.07 bits per heavy atom. The molecule has 0 bridgehead atoms. The number of rotatable bonds is 0. The molecule has 1 aromatic heterocycles. The zero-order valence-electron chi connectivity index (χ0n) is 7.77. The summed E-state index contributed by atoms with van der Waals surface area (Å²) >= 11 is 0. The first-order valence-corrected chi connectivity index (χ1v) is 4.81. The Kier molecular flexibility index (Phi) is 1.73. The standard InChI is InChI=1S/C12H8B2/c1-2-6-10-9(5-1)13-11-7-3-4-8-12(11)14-10/h1-8H. The minimum atomic E-state index is 1.31. The van der Waals surface area contributed by atoms with Gasteiger partial charge >= 0.3 is 83.5 Å². The molecule has 0 radical (unpaired) electrons. The number of benzene rings is 2. The van der Waals surface area contributed by atoms with Gasteiger partial charge in [-0.05, 0) is 0 Å². The van der Waals surface area contributed by atoms with Gasteiger partial charge in [0.2, 0.25) is 0 Å². The summed E-state index contributed by atoms with van der Waals surface area (Å²) in [6, 6.07) is 16.9. The Bertz CT molecular complexity index is 497. The van der Waals surface area contributed by atoms with Crippen LogP contribution in [0.4, 0.5) is 0 Å². The van der Waals surface area contributed by atoms with Crippen LogP contribution in [0.25, 0.3) is 21.1 Å². The van der Waals surface area contributed by atoms with Crippen molar-refractivity contribution in [1.82, 2.24) is 0 Å². The molecule has 0 aliphatic carbocycles. The molecule has 0 saturated carbocycles. The van der Waals surface area contributed by atoms with E-state index in [1.54, 1.807) is 0 Å². The molecule has 0 aliphatic heterocycles. The van der Waals surface area contributed by atoms with Gasteiger partial charge in [-0.25, -0.2) is 0 Å². The molecule has 3 aromatic rings. The van der Waals surface area contributed by atoms with Crippen LogP contribution in [0.2, 0.25) is 0 Å². The van der Waals surface area contributed by atoms with E-state index < -0.39 is 0 Å². The van der Waals surface area contributed by atoms with E-state index in [4.69, 9.17) is 0 Å². The van der Waals surface area contributed by atoms with Crippen LogP contribution in [0.3, 0.4) is 0 Å². The number of hydrogen-bond acceptors (Lipinski definition) is 0. The second-order valence-corrected chi connectivity index (χ2v) is 3.55. The van der Waals surface area contributed by atoms with E-state index in [2.05, 4.69) is 62.4 Å². The van der Waals surface area contributed by atoms with Gasteiger partial charge in [-0.2, -0.15) is 0 Å². The van der Waals surface area contributed by atoms with E-state index in [1.165, 1.54) is 21.1 Å². The summed E-state index contributed by atoms with van der Waals surface area (Å²) in [5.41, 5.74) is 0. The maximum absolute atomic E-state index is 2.24. The molecule has 0 saturated heterocycles. The molecule has 0 spiro atoms. The van der Waals surface area contributed by atoms with E-state index in [9.17, 15) is 0 Å². The summed E-state index contributed by atoms with van der Waals surface area (Å²) in [6.07, 6.45) is 0. The van der Waals surface area contributed by atoms with E-state index >= 15 is 0 Å². The summed E-state index contributed by atoms with van der Waals surface area (Å²) in [5.74, 6) is 0. The van der Waals surface area contributed by atoms with Gasteiger partial charge in [0.05, 0.1) is 0 Å². The van der Waals surface area contributed by atoms with Gasteiger partial charge in [-0.15, -0.1) is 0 Å². The minimum absolute atomic E-state index is 1.31. The predicted molar refractivity (Wildman–Crippen MR) is 64.1 cm³/mol. The van der Waals surface area contributed by atoms with Crippen LogP contribution in [-0.2, 0) is 0 Å². The molecular formula is C12H8B2. The normalized spacial score (nSPS) is 10.3. The first-order valence-electron chi connectivity index (χ1n) is 4.81. The van der Waals surface area contributed by atoms with Crippen LogP contribution < -0.4 is 0 Å². The Labute approximate surface area is 84.0 Å². The van der Waals surface area contributed by atoms with Crippen molar-refractivity contribution in [3.05, 3.63) is 48.5 Å². The Hall–Kier alpha value is -1.43. The maximum atomic E-state index is 2.24. The van der Waals surface area contributed by atoms with Crippen molar-refractivity contribution in [2.24, 2.45) is 0 Å². The van der Waals surface area contributed by atoms with Crippen molar-refractivity contribution < 1.29 is 0 Å². The summed E-state index contributed by atoms with van der Waals surface area (Å²) in [4.78, 5) is 0. The van der Waals surface area contributed by atoms with Crippen LogP contribution in [0.15, 0.2) is 48.5 Å². The van der Waals surface area contributed by atoms with Gasteiger partial charge in [-0.3, -0.25) is 0 Å². The monoisotopic (exact) mass is 174 g/mol. The van der Waals surface area contributed by atoms with Gasteiger partial charge < -0.3 is 0 Å².